The van der Waals surface area contributed by atoms with Gasteiger partial charge in [0.25, 0.3) is 0 Å². The lowest BCUT2D eigenvalue weighted by atomic mass is 10.1. The van der Waals surface area contributed by atoms with Crippen LogP contribution in [0.3, 0.4) is 0 Å². The third-order valence-electron chi connectivity index (χ3n) is 2.96. The third-order valence-corrected chi connectivity index (χ3v) is 2.96. The first kappa shape index (κ1) is 13.0. The molecule has 1 atom stereocenters. The van der Waals surface area contributed by atoms with Crippen LogP contribution in [0.2, 0.25) is 0 Å². The zero-order valence-corrected chi connectivity index (χ0v) is 11.0. The van der Waals surface area contributed by atoms with Crippen LogP contribution in [0, 0.1) is 0 Å². The van der Waals surface area contributed by atoms with Crippen molar-refractivity contribution in [1.29, 1.82) is 0 Å². The van der Waals surface area contributed by atoms with Crippen LogP contribution in [0.25, 0.3) is 6.08 Å². The molecule has 1 unspecified atom stereocenters. The van der Waals surface area contributed by atoms with E-state index in [-0.39, 0.29) is 0 Å². The fraction of sp³-hybridized carbons (Fsp3) is 0.571. The Kier molecular flexibility index (Phi) is 5.33. The summed E-state index contributed by atoms with van der Waals surface area (Å²) in [4.78, 5) is 0. The highest BCUT2D eigenvalue weighted by Crippen LogP contribution is 2.10. The maximum Gasteiger partial charge on any atom is 0.0406 e. The highest BCUT2D eigenvalue weighted by atomic mass is 15.0. The van der Waals surface area contributed by atoms with Gasteiger partial charge in [-0.25, -0.2) is 0 Å². The number of nitrogens with one attached hydrogen (secondary N) is 1. The van der Waals surface area contributed by atoms with Crippen molar-refractivity contribution in [3.05, 3.63) is 29.6 Å². The molecule has 0 aliphatic heterocycles. The Labute approximate surface area is 99.4 Å². The van der Waals surface area contributed by atoms with E-state index in [9.17, 15) is 0 Å². The summed E-state index contributed by atoms with van der Waals surface area (Å²) in [5.41, 5.74) is 2.69. The van der Waals surface area contributed by atoms with Gasteiger partial charge in [0.1, 0.15) is 0 Å². The van der Waals surface area contributed by atoms with Crippen LogP contribution < -0.4 is 5.32 Å². The average Bonchev–Trinajstić information content (AvgIpc) is 2.72. The van der Waals surface area contributed by atoms with E-state index < -0.39 is 0 Å². The SMILES string of the molecule is CCCNC(C)/C(C)=C/c1cccn1CC. The normalized spacial score (nSPS) is 14.1. The molecule has 90 valence electrons. The lowest BCUT2D eigenvalue weighted by molar-refractivity contribution is 0.603. The van der Waals surface area contributed by atoms with Crippen LogP contribution in [0.5, 0.6) is 0 Å². The molecule has 1 heterocycles. The molecule has 1 aromatic heterocycles. The Morgan fingerprint density at radius 1 is 1.50 bits per heavy atom. The zero-order chi connectivity index (χ0) is 12.0. The number of hydrogen-bond acceptors (Lipinski definition) is 1. The van der Waals surface area contributed by atoms with Gasteiger partial charge >= 0.3 is 0 Å². The second-order valence-corrected chi connectivity index (χ2v) is 4.28. The van der Waals surface area contributed by atoms with Gasteiger partial charge in [0.05, 0.1) is 0 Å². The van der Waals surface area contributed by atoms with Gasteiger partial charge in [-0.15, -0.1) is 0 Å². The van der Waals surface area contributed by atoms with Crippen LogP contribution in [-0.2, 0) is 6.54 Å². The molecule has 0 bridgehead atoms. The predicted molar refractivity (Wildman–Crippen MR) is 71.5 cm³/mol. The second kappa shape index (κ2) is 6.54. The standard InChI is InChI=1S/C14H24N2/c1-5-9-15-13(4)12(3)11-14-8-7-10-16(14)6-2/h7-8,10-11,13,15H,5-6,9H2,1-4H3/b12-11+. The molecule has 1 aromatic rings. The van der Waals surface area contributed by atoms with E-state index >= 15 is 0 Å². The maximum absolute atomic E-state index is 3.50. The fourth-order valence-corrected chi connectivity index (χ4v) is 1.73. The number of hydrogen-bond donors (Lipinski definition) is 1. The molecule has 16 heavy (non-hydrogen) atoms. The number of nitrogens with zero attached hydrogens (tertiary/aromatic N) is 1. The molecule has 2 nitrogen and oxygen atoms in total. The highest BCUT2D eigenvalue weighted by Gasteiger charge is 2.03. The van der Waals surface area contributed by atoms with Gasteiger partial charge in [0, 0.05) is 24.5 Å². The van der Waals surface area contributed by atoms with Crippen LogP contribution in [0.15, 0.2) is 23.9 Å². The Morgan fingerprint density at radius 3 is 2.88 bits per heavy atom. The van der Waals surface area contributed by atoms with Crippen molar-refractivity contribution in [2.75, 3.05) is 6.54 Å². The van der Waals surface area contributed by atoms with Gasteiger partial charge in [0.15, 0.2) is 0 Å². The molecule has 0 fully saturated rings. The topological polar surface area (TPSA) is 17.0 Å². The molecule has 0 amide bonds. The van der Waals surface area contributed by atoms with Gasteiger partial charge in [0.2, 0.25) is 0 Å². The first-order valence-corrected chi connectivity index (χ1v) is 6.25. The van der Waals surface area contributed by atoms with Crippen molar-refractivity contribution in [3.63, 3.8) is 0 Å². The third kappa shape index (κ3) is 3.53. The Balaban J connectivity index is 2.68. The van der Waals surface area contributed by atoms with Gasteiger partial charge in [-0.1, -0.05) is 12.5 Å². The minimum absolute atomic E-state index is 0.458. The molecule has 0 radical (unpaired) electrons. The predicted octanol–water partition coefficient (Wildman–Crippen LogP) is 3.30. The summed E-state index contributed by atoms with van der Waals surface area (Å²) < 4.78 is 2.26. The smallest absolute Gasteiger partial charge is 0.0406 e. The zero-order valence-electron chi connectivity index (χ0n) is 11.0. The quantitative estimate of drug-likeness (QED) is 0.778. The van der Waals surface area contributed by atoms with Crippen molar-refractivity contribution < 1.29 is 0 Å². The molecule has 1 N–H and O–H groups in total. The van der Waals surface area contributed by atoms with E-state index in [0.717, 1.165) is 13.1 Å². The number of aryl methyl sites for hydroxylation is 1. The minimum Gasteiger partial charge on any atom is -0.348 e. The van der Waals surface area contributed by atoms with Crippen LogP contribution >= 0.6 is 0 Å². The molecule has 0 aromatic carbocycles. The van der Waals surface area contributed by atoms with Crippen LogP contribution in [0.1, 0.15) is 39.8 Å². The molecule has 0 saturated carbocycles. The Hall–Kier alpha value is -1.02. The summed E-state index contributed by atoms with van der Waals surface area (Å²) >= 11 is 0. The Bertz CT molecular complexity index is 336. The fourth-order valence-electron chi connectivity index (χ4n) is 1.73. The molecular formula is C14H24N2. The van der Waals surface area contributed by atoms with Gasteiger partial charge < -0.3 is 9.88 Å². The summed E-state index contributed by atoms with van der Waals surface area (Å²) in [5.74, 6) is 0. The van der Waals surface area contributed by atoms with E-state index in [1.807, 2.05) is 0 Å². The summed E-state index contributed by atoms with van der Waals surface area (Å²) in [5, 5.41) is 3.50. The second-order valence-electron chi connectivity index (χ2n) is 4.28. The summed E-state index contributed by atoms with van der Waals surface area (Å²) in [6.07, 6.45) is 5.59. The molecular weight excluding hydrogens is 196 g/mol. The lowest BCUT2D eigenvalue weighted by Gasteiger charge is -2.14. The van der Waals surface area contributed by atoms with E-state index in [1.54, 1.807) is 0 Å². The largest absolute Gasteiger partial charge is 0.348 e. The summed E-state index contributed by atoms with van der Waals surface area (Å²) in [6, 6.07) is 4.73. The summed E-state index contributed by atoms with van der Waals surface area (Å²) in [6.45, 7) is 10.9. The van der Waals surface area contributed by atoms with Crippen molar-refractivity contribution in [2.45, 2.75) is 46.7 Å². The summed E-state index contributed by atoms with van der Waals surface area (Å²) in [7, 11) is 0. The average molecular weight is 220 g/mol. The minimum atomic E-state index is 0.458. The van der Waals surface area contributed by atoms with Crippen molar-refractivity contribution in [2.24, 2.45) is 0 Å². The van der Waals surface area contributed by atoms with Crippen molar-refractivity contribution in [1.82, 2.24) is 9.88 Å². The molecule has 1 rings (SSSR count). The van der Waals surface area contributed by atoms with Gasteiger partial charge in [-0.3, -0.25) is 0 Å². The molecule has 2 heteroatoms. The molecule has 0 aliphatic rings. The molecule has 0 aliphatic carbocycles. The van der Waals surface area contributed by atoms with E-state index in [1.165, 1.54) is 17.7 Å². The van der Waals surface area contributed by atoms with E-state index in [2.05, 4.69) is 62.0 Å². The highest BCUT2D eigenvalue weighted by molar-refractivity contribution is 5.50. The van der Waals surface area contributed by atoms with Gasteiger partial charge in [-0.05, 0) is 51.9 Å². The first-order chi connectivity index (χ1) is 7.69. The number of aromatic nitrogens is 1. The molecule has 0 saturated heterocycles. The van der Waals surface area contributed by atoms with Crippen molar-refractivity contribution in [3.8, 4) is 0 Å². The molecule has 0 spiro atoms. The van der Waals surface area contributed by atoms with Crippen molar-refractivity contribution >= 4 is 6.08 Å². The van der Waals surface area contributed by atoms with Crippen LogP contribution in [-0.4, -0.2) is 17.2 Å². The first-order valence-electron chi connectivity index (χ1n) is 6.25. The van der Waals surface area contributed by atoms with E-state index in [0.29, 0.717) is 6.04 Å². The van der Waals surface area contributed by atoms with Crippen LogP contribution in [0.4, 0.5) is 0 Å². The number of rotatable bonds is 6. The van der Waals surface area contributed by atoms with Gasteiger partial charge in [-0.2, -0.15) is 0 Å². The van der Waals surface area contributed by atoms with E-state index in [4.69, 9.17) is 0 Å². The lowest BCUT2D eigenvalue weighted by Crippen LogP contribution is -2.27. The monoisotopic (exact) mass is 220 g/mol. The Morgan fingerprint density at radius 2 is 2.25 bits per heavy atom. The maximum atomic E-state index is 3.50.